The third kappa shape index (κ3) is 5.21. The molecule has 3 amide bonds. The number of nitrogens with two attached hydrogens (primary N) is 1. The predicted octanol–water partition coefficient (Wildman–Crippen LogP) is 2.21. The number of hydrogen-bond donors (Lipinski definition) is 3. The molecule has 5 nitrogen and oxygen atoms in total. The minimum atomic E-state index is -0.629. The molecule has 0 aliphatic heterocycles. The Hall–Kier alpha value is -2.34. The van der Waals surface area contributed by atoms with Gasteiger partial charge in [-0.3, -0.25) is 4.79 Å². The standard InChI is InChI=1S/C16H19N3O2S/c17-16(21)19-13(14-7-4-10-22-14)11-15(20)18-9-8-12-5-2-1-3-6-12/h1-7,10,13H,8-9,11H2,(H,18,20)(H3,17,19,21). The molecule has 0 bridgehead atoms. The Labute approximate surface area is 133 Å². The van der Waals surface area contributed by atoms with Gasteiger partial charge in [0.2, 0.25) is 5.91 Å². The second-order valence-electron chi connectivity index (χ2n) is 4.87. The van der Waals surface area contributed by atoms with Gasteiger partial charge in [0, 0.05) is 11.4 Å². The fourth-order valence-electron chi connectivity index (χ4n) is 2.13. The van der Waals surface area contributed by atoms with Crippen molar-refractivity contribution in [2.24, 2.45) is 5.73 Å². The van der Waals surface area contributed by atoms with Crippen molar-refractivity contribution in [2.75, 3.05) is 6.54 Å². The second-order valence-corrected chi connectivity index (χ2v) is 5.85. The van der Waals surface area contributed by atoms with Gasteiger partial charge in [0.05, 0.1) is 12.5 Å². The first-order valence-corrected chi connectivity index (χ1v) is 7.93. The van der Waals surface area contributed by atoms with Crippen LogP contribution in [0, 0.1) is 0 Å². The topological polar surface area (TPSA) is 84.2 Å². The molecule has 0 saturated heterocycles. The van der Waals surface area contributed by atoms with Crippen LogP contribution in [0.4, 0.5) is 4.79 Å². The SMILES string of the molecule is NC(=O)NC(CC(=O)NCCc1ccccc1)c1cccs1. The van der Waals surface area contributed by atoms with E-state index in [2.05, 4.69) is 10.6 Å². The Morgan fingerprint density at radius 1 is 1.14 bits per heavy atom. The Bertz CT molecular complexity index is 599. The van der Waals surface area contributed by atoms with Gasteiger partial charge in [-0.2, -0.15) is 0 Å². The minimum Gasteiger partial charge on any atom is -0.356 e. The van der Waals surface area contributed by atoms with E-state index >= 15 is 0 Å². The highest BCUT2D eigenvalue weighted by atomic mass is 32.1. The van der Waals surface area contributed by atoms with Crippen molar-refractivity contribution in [3.63, 3.8) is 0 Å². The number of hydrogen-bond acceptors (Lipinski definition) is 3. The smallest absolute Gasteiger partial charge is 0.312 e. The quantitative estimate of drug-likeness (QED) is 0.731. The van der Waals surface area contributed by atoms with Crippen molar-refractivity contribution >= 4 is 23.3 Å². The molecule has 22 heavy (non-hydrogen) atoms. The van der Waals surface area contributed by atoms with Crippen LogP contribution in [0.25, 0.3) is 0 Å². The van der Waals surface area contributed by atoms with Gasteiger partial charge in [0.15, 0.2) is 0 Å². The van der Waals surface area contributed by atoms with E-state index in [4.69, 9.17) is 5.73 Å². The van der Waals surface area contributed by atoms with Crippen LogP contribution in [0.5, 0.6) is 0 Å². The summed E-state index contributed by atoms with van der Waals surface area (Å²) in [5, 5.41) is 7.38. The largest absolute Gasteiger partial charge is 0.356 e. The number of nitrogens with one attached hydrogen (secondary N) is 2. The molecule has 0 aliphatic rings. The third-order valence-corrected chi connectivity index (χ3v) is 4.16. The van der Waals surface area contributed by atoms with E-state index in [1.807, 2.05) is 47.8 Å². The number of carbonyl (C=O) groups excluding carboxylic acids is 2. The lowest BCUT2D eigenvalue weighted by atomic mass is 10.1. The van der Waals surface area contributed by atoms with Crippen LogP contribution >= 0.6 is 11.3 Å². The summed E-state index contributed by atoms with van der Waals surface area (Å²) in [6.45, 7) is 0.566. The van der Waals surface area contributed by atoms with Crippen LogP contribution in [-0.2, 0) is 11.2 Å². The van der Waals surface area contributed by atoms with Crippen LogP contribution in [-0.4, -0.2) is 18.5 Å². The van der Waals surface area contributed by atoms with Gasteiger partial charge in [0.25, 0.3) is 0 Å². The monoisotopic (exact) mass is 317 g/mol. The molecule has 1 heterocycles. The fourth-order valence-corrected chi connectivity index (χ4v) is 2.91. The zero-order valence-corrected chi connectivity index (χ0v) is 12.9. The van der Waals surface area contributed by atoms with Crippen LogP contribution in [0.3, 0.4) is 0 Å². The molecule has 1 aromatic carbocycles. The van der Waals surface area contributed by atoms with Crippen molar-refractivity contribution < 1.29 is 9.59 Å². The summed E-state index contributed by atoms with van der Waals surface area (Å²) in [4.78, 5) is 24.0. The van der Waals surface area contributed by atoms with E-state index in [9.17, 15) is 9.59 Å². The molecule has 0 aliphatic carbocycles. The molecule has 6 heteroatoms. The zero-order valence-electron chi connectivity index (χ0n) is 12.1. The molecule has 4 N–H and O–H groups in total. The average Bonchev–Trinajstić information content (AvgIpc) is 3.01. The third-order valence-electron chi connectivity index (χ3n) is 3.17. The molecule has 0 fully saturated rings. The molecule has 116 valence electrons. The molecule has 2 rings (SSSR count). The lowest BCUT2D eigenvalue weighted by Crippen LogP contribution is -2.36. The number of thiophene rings is 1. The molecule has 0 radical (unpaired) electrons. The summed E-state index contributed by atoms with van der Waals surface area (Å²) in [5.74, 6) is -0.108. The lowest BCUT2D eigenvalue weighted by Gasteiger charge is -2.15. The van der Waals surface area contributed by atoms with E-state index < -0.39 is 6.03 Å². The van der Waals surface area contributed by atoms with Crippen LogP contribution in [0.2, 0.25) is 0 Å². The van der Waals surface area contributed by atoms with Crippen LogP contribution < -0.4 is 16.4 Å². The lowest BCUT2D eigenvalue weighted by molar-refractivity contribution is -0.121. The maximum atomic E-state index is 12.0. The fraction of sp³-hybridized carbons (Fsp3) is 0.250. The number of urea groups is 1. The van der Waals surface area contributed by atoms with Gasteiger partial charge in [0.1, 0.15) is 0 Å². The number of rotatable bonds is 7. The van der Waals surface area contributed by atoms with Gasteiger partial charge in [-0.25, -0.2) is 4.79 Å². The number of amides is 3. The highest BCUT2D eigenvalue weighted by molar-refractivity contribution is 7.10. The van der Waals surface area contributed by atoms with E-state index in [1.165, 1.54) is 16.9 Å². The first-order chi connectivity index (χ1) is 10.6. The molecule has 0 saturated carbocycles. The first kappa shape index (κ1) is 16.0. The molecule has 1 atom stereocenters. The summed E-state index contributed by atoms with van der Waals surface area (Å²) < 4.78 is 0. The van der Waals surface area contributed by atoms with E-state index in [0.717, 1.165) is 11.3 Å². The summed E-state index contributed by atoms with van der Waals surface area (Å²) in [6.07, 6.45) is 0.956. The summed E-state index contributed by atoms with van der Waals surface area (Å²) >= 11 is 1.49. The van der Waals surface area contributed by atoms with Crippen molar-refractivity contribution in [1.82, 2.24) is 10.6 Å². The highest BCUT2D eigenvalue weighted by Gasteiger charge is 2.18. The normalized spacial score (nSPS) is 11.6. The first-order valence-electron chi connectivity index (χ1n) is 7.05. The minimum absolute atomic E-state index is 0.108. The number of primary amides is 1. The maximum absolute atomic E-state index is 12.0. The van der Waals surface area contributed by atoms with E-state index in [-0.39, 0.29) is 18.4 Å². The number of carbonyl (C=O) groups is 2. The Morgan fingerprint density at radius 2 is 1.91 bits per heavy atom. The molecule has 1 aromatic heterocycles. The Morgan fingerprint density at radius 3 is 2.55 bits per heavy atom. The summed E-state index contributed by atoms with van der Waals surface area (Å²) in [7, 11) is 0. The van der Waals surface area contributed by atoms with Gasteiger partial charge < -0.3 is 16.4 Å². The predicted molar refractivity (Wildman–Crippen MR) is 87.6 cm³/mol. The van der Waals surface area contributed by atoms with Crippen molar-refractivity contribution in [2.45, 2.75) is 18.9 Å². The molecule has 0 spiro atoms. The highest BCUT2D eigenvalue weighted by Crippen LogP contribution is 2.21. The van der Waals surface area contributed by atoms with Crippen molar-refractivity contribution in [3.05, 3.63) is 58.3 Å². The summed E-state index contributed by atoms with van der Waals surface area (Å²) in [6, 6.07) is 12.7. The summed E-state index contributed by atoms with van der Waals surface area (Å²) in [5.41, 5.74) is 6.35. The van der Waals surface area contributed by atoms with Crippen LogP contribution in [0.15, 0.2) is 47.8 Å². The van der Waals surface area contributed by atoms with E-state index in [1.54, 1.807) is 0 Å². The molecule has 2 aromatic rings. The second kappa shape index (κ2) is 8.19. The Kier molecular flexibility index (Phi) is 5.97. The molecular weight excluding hydrogens is 298 g/mol. The zero-order chi connectivity index (χ0) is 15.8. The number of benzene rings is 1. The average molecular weight is 317 g/mol. The molecular formula is C16H19N3O2S. The maximum Gasteiger partial charge on any atom is 0.312 e. The molecule has 1 unspecified atom stereocenters. The van der Waals surface area contributed by atoms with Crippen molar-refractivity contribution in [3.8, 4) is 0 Å². The van der Waals surface area contributed by atoms with E-state index in [0.29, 0.717) is 6.54 Å². The van der Waals surface area contributed by atoms with Gasteiger partial charge in [-0.15, -0.1) is 11.3 Å². The van der Waals surface area contributed by atoms with Gasteiger partial charge in [-0.1, -0.05) is 36.4 Å². The van der Waals surface area contributed by atoms with Gasteiger partial charge >= 0.3 is 6.03 Å². The Balaban J connectivity index is 1.82. The van der Waals surface area contributed by atoms with Gasteiger partial charge in [-0.05, 0) is 23.4 Å². The van der Waals surface area contributed by atoms with Crippen molar-refractivity contribution in [1.29, 1.82) is 0 Å². The van der Waals surface area contributed by atoms with Crippen LogP contribution in [0.1, 0.15) is 22.9 Å².